The molecule has 2 aromatic heterocycles. The summed E-state index contributed by atoms with van der Waals surface area (Å²) in [7, 11) is 1.70. The molecule has 0 saturated carbocycles. The van der Waals surface area contributed by atoms with Crippen LogP contribution in [-0.4, -0.2) is 26.8 Å². The molecule has 2 aromatic rings. The molecule has 6 heteroatoms. The zero-order valence-electron chi connectivity index (χ0n) is 13.0. The summed E-state index contributed by atoms with van der Waals surface area (Å²) in [6, 6.07) is 3.29. The summed E-state index contributed by atoms with van der Waals surface area (Å²) in [6.07, 6.45) is 3.34. The average molecular weight is 290 g/mol. The molecule has 0 aliphatic heterocycles. The Bertz CT molecular complexity index is 652. The molecule has 0 radical (unpaired) electrons. The summed E-state index contributed by atoms with van der Waals surface area (Å²) in [5, 5.41) is 11.4. The normalized spacial score (nSPS) is 11.8. The summed E-state index contributed by atoms with van der Waals surface area (Å²) in [6.45, 7) is 7.29. The fourth-order valence-corrected chi connectivity index (χ4v) is 1.86. The van der Waals surface area contributed by atoms with E-state index in [1.54, 1.807) is 19.3 Å². The highest BCUT2D eigenvalue weighted by Gasteiger charge is 2.11. The van der Waals surface area contributed by atoms with E-state index in [2.05, 4.69) is 36.3 Å². The van der Waals surface area contributed by atoms with Crippen LogP contribution in [0.4, 0.5) is 0 Å². The first-order valence-electron chi connectivity index (χ1n) is 7.10. The molecule has 2 heterocycles. The zero-order valence-corrected chi connectivity index (χ0v) is 13.0. The highest BCUT2D eigenvalue weighted by molar-refractivity contribution is 5.50. The van der Waals surface area contributed by atoms with Gasteiger partial charge in [0, 0.05) is 36.8 Å². The Hall–Kier alpha value is -1.95. The highest BCUT2D eigenvalue weighted by Crippen LogP contribution is 2.16. The summed E-state index contributed by atoms with van der Waals surface area (Å²) in [5.74, 6) is 0.993. The molecule has 0 atom stereocenters. The predicted molar refractivity (Wildman–Crippen MR) is 81.1 cm³/mol. The van der Waals surface area contributed by atoms with Crippen LogP contribution in [0.3, 0.4) is 0 Å². The van der Waals surface area contributed by atoms with Crippen LogP contribution in [0.5, 0.6) is 0 Å². The van der Waals surface area contributed by atoms with E-state index in [4.69, 9.17) is 4.42 Å². The molecular formula is C15H22N4O2. The Kier molecular flexibility index (Phi) is 4.57. The molecule has 1 N–H and O–H groups in total. The summed E-state index contributed by atoms with van der Waals surface area (Å²) in [4.78, 5) is 11.6. The van der Waals surface area contributed by atoms with Gasteiger partial charge in [-0.3, -0.25) is 4.79 Å². The van der Waals surface area contributed by atoms with Crippen molar-refractivity contribution in [3.8, 4) is 11.5 Å². The predicted octanol–water partition coefficient (Wildman–Crippen LogP) is 1.76. The van der Waals surface area contributed by atoms with Crippen molar-refractivity contribution in [3.05, 3.63) is 34.6 Å². The molecule has 6 nitrogen and oxygen atoms in total. The van der Waals surface area contributed by atoms with Crippen molar-refractivity contribution in [2.75, 3.05) is 6.54 Å². The van der Waals surface area contributed by atoms with E-state index >= 15 is 0 Å². The zero-order chi connectivity index (χ0) is 15.5. The van der Waals surface area contributed by atoms with E-state index in [-0.39, 0.29) is 11.1 Å². The minimum absolute atomic E-state index is 0.0957. The van der Waals surface area contributed by atoms with Crippen molar-refractivity contribution in [2.24, 2.45) is 7.05 Å². The molecule has 114 valence electrons. The number of nitrogens with one attached hydrogen (secondary N) is 1. The minimum atomic E-state index is -0.0957. The van der Waals surface area contributed by atoms with Crippen LogP contribution in [-0.2, 0) is 13.5 Å². The van der Waals surface area contributed by atoms with Gasteiger partial charge in [0.05, 0.1) is 0 Å². The fraction of sp³-hybridized carbons (Fsp3) is 0.533. The molecule has 2 rings (SSSR count). The lowest BCUT2D eigenvalue weighted by molar-refractivity contribution is 0.412. The largest absolute Gasteiger partial charge is 0.421 e. The van der Waals surface area contributed by atoms with Gasteiger partial charge >= 0.3 is 0 Å². The number of aromatic nitrogens is 3. The first-order valence-corrected chi connectivity index (χ1v) is 7.10. The summed E-state index contributed by atoms with van der Waals surface area (Å²) < 4.78 is 7.10. The van der Waals surface area contributed by atoms with Crippen molar-refractivity contribution in [2.45, 2.75) is 39.2 Å². The van der Waals surface area contributed by atoms with Crippen molar-refractivity contribution in [3.63, 3.8) is 0 Å². The Morgan fingerprint density at radius 1 is 1.33 bits per heavy atom. The number of aryl methyl sites for hydroxylation is 2. The van der Waals surface area contributed by atoms with Crippen LogP contribution in [0.15, 0.2) is 27.5 Å². The Labute approximate surface area is 124 Å². The maximum absolute atomic E-state index is 11.6. The Balaban J connectivity index is 1.95. The number of nitrogens with zero attached hydrogens (tertiary/aromatic N) is 3. The molecule has 0 aliphatic carbocycles. The van der Waals surface area contributed by atoms with Crippen molar-refractivity contribution >= 4 is 0 Å². The number of pyridine rings is 1. The molecule has 0 aromatic carbocycles. The van der Waals surface area contributed by atoms with Crippen molar-refractivity contribution < 1.29 is 4.42 Å². The van der Waals surface area contributed by atoms with Gasteiger partial charge in [-0.05, 0) is 39.8 Å². The second kappa shape index (κ2) is 6.22. The lowest BCUT2D eigenvalue weighted by atomic mass is 10.1. The molecule has 0 amide bonds. The monoisotopic (exact) mass is 290 g/mol. The maximum Gasteiger partial charge on any atom is 0.251 e. The SMILES string of the molecule is Cn1ccc(-c2nnc(CCCNC(C)(C)C)o2)cc1=O. The van der Waals surface area contributed by atoms with Gasteiger partial charge in [-0.2, -0.15) is 0 Å². The van der Waals surface area contributed by atoms with Crippen molar-refractivity contribution in [1.82, 2.24) is 20.1 Å². The van der Waals surface area contributed by atoms with Crippen molar-refractivity contribution in [1.29, 1.82) is 0 Å². The van der Waals surface area contributed by atoms with Gasteiger partial charge in [0.15, 0.2) is 0 Å². The van der Waals surface area contributed by atoms with E-state index in [0.29, 0.717) is 17.3 Å². The number of hydrogen-bond acceptors (Lipinski definition) is 5. The fourth-order valence-electron chi connectivity index (χ4n) is 1.86. The van der Waals surface area contributed by atoms with Gasteiger partial charge in [0.2, 0.25) is 11.8 Å². The van der Waals surface area contributed by atoms with Gasteiger partial charge in [-0.15, -0.1) is 10.2 Å². The first kappa shape index (κ1) is 15.4. The number of hydrogen-bond donors (Lipinski definition) is 1. The third kappa shape index (κ3) is 4.53. The van der Waals surface area contributed by atoms with Crippen LogP contribution in [0.2, 0.25) is 0 Å². The molecule has 21 heavy (non-hydrogen) atoms. The topological polar surface area (TPSA) is 73.0 Å². The van der Waals surface area contributed by atoms with Crippen LogP contribution < -0.4 is 10.9 Å². The standard InChI is InChI=1S/C15H22N4O2/c1-15(2,3)16-8-5-6-12-17-18-14(21-12)11-7-9-19(4)13(20)10-11/h7,9-10,16H,5-6,8H2,1-4H3. The second-order valence-corrected chi connectivity index (χ2v) is 6.15. The Morgan fingerprint density at radius 2 is 2.10 bits per heavy atom. The smallest absolute Gasteiger partial charge is 0.251 e. The van der Waals surface area contributed by atoms with Crippen LogP contribution >= 0.6 is 0 Å². The number of rotatable bonds is 5. The molecule has 0 aliphatic rings. The van der Waals surface area contributed by atoms with E-state index in [1.165, 1.54) is 10.6 Å². The first-order chi connectivity index (χ1) is 9.85. The molecule has 0 fully saturated rings. The van der Waals surface area contributed by atoms with Gasteiger partial charge in [0.25, 0.3) is 5.56 Å². The van der Waals surface area contributed by atoms with Gasteiger partial charge in [-0.25, -0.2) is 0 Å². The third-order valence-corrected chi connectivity index (χ3v) is 3.04. The van der Waals surface area contributed by atoms with E-state index in [0.717, 1.165) is 19.4 Å². The second-order valence-electron chi connectivity index (χ2n) is 6.15. The average Bonchev–Trinajstić information content (AvgIpc) is 2.86. The molecule has 0 bridgehead atoms. The van der Waals surface area contributed by atoms with Crippen LogP contribution in [0.25, 0.3) is 11.5 Å². The summed E-state index contributed by atoms with van der Waals surface area (Å²) >= 11 is 0. The maximum atomic E-state index is 11.6. The lowest BCUT2D eigenvalue weighted by Gasteiger charge is -2.19. The van der Waals surface area contributed by atoms with E-state index in [1.807, 2.05) is 0 Å². The minimum Gasteiger partial charge on any atom is -0.421 e. The molecule has 0 saturated heterocycles. The third-order valence-electron chi connectivity index (χ3n) is 3.04. The van der Waals surface area contributed by atoms with E-state index in [9.17, 15) is 4.79 Å². The quantitative estimate of drug-likeness (QED) is 0.849. The van der Waals surface area contributed by atoms with Crippen LogP contribution in [0, 0.1) is 0 Å². The Morgan fingerprint density at radius 3 is 2.76 bits per heavy atom. The van der Waals surface area contributed by atoms with Gasteiger partial charge < -0.3 is 14.3 Å². The van der Waals surface area contributed by atoms with Gasteiger partial charge in [0.1, 0.15) is 0 Å². The van der Waals surface area contributed by atoms with Gasteiger partial charge in [-0.1, -0.05) is 0 Å². The highest BCUT2D eigenvalue weighted by atomic mass is 16.4. The lowest BCUT2D eigenvalue weighted by Crippen LogP contribution is -2.36. The molecule has 0 unspecified atom stereocenters. The molecular weight excluding hydrogens is 268 g/mol. The van der Waals surface area contributed by atoms with E-state index < -0.39 is 0 Å². The molecule has 0 spiro atoms. The summed E-state index contributed by atoms with van der Waals surface area (Å²) in [5.41, 5.74) is 0.677. The van der Waals surface area contributed by atoms with Crippen LogP contribution in [0.1, 0.15) is 33.1 Å².